The number of phenolic OH excluding ortho intramolecular Hbond substituents is 1. The van der Waals surface area contributed by atoms with Crippen LogP contribution in [0.3, 0.4) is 0 Å². The summed E-state index contributed by atoms with van der Waals surface area (Å²) in [6.07, 6.45) is -1.07. The smallest absolute Gasteiger partial charge is 0.414 e. The minimum Gasteiger partial charge on any atom is -0.507 e. The Morgan fingerprint density at radius 1 is 1.19 bits per heavy atom. The van der Waals surface area contributed by atoms with E-state index >= 15 is 0 Å². The number of anilines is 2. The Kier molecular flexibility index (Phi) is 6.52. The van der Waals surface area contributed by atoms with Crippen molar-refractivity contribution in [1.29, 1.82) is 0 Å². The van der Waals surface area contributed by atoms with Crippen molar-refractivity contribution >= 4 is 23.3 Å². The maximum absolute atomic E-state index is 14.8. The normalized spacial score (nSPS) is 19.1. The summed E-state index contributed by atoms with van der Waals surface area (Å²) in [5.41, 5.74) is 2.77. The molecule has 4 rings (SSSR count). The van der Waals surface area contributed by atoms with E-state index in [-0.39, 0.29) is 54.5 Å². The first-order valence-corrected chi connectivity index (χ1v) is 10.3. The Labute approximate surface area is 183 Å². The Morgan fingerprint density at radius 3 is 2.69 bits per heavy atom. The fraction of sp³-hybridized carbons (Fsp3) is 0.364. The number of carbonyl (C=O) groups is 2. The number of aromatic hydroxyl groups is 1. The number of nitrogens with zero attached hydrogens (tertiary/aromatic N) is 2. The van der Waals surface area contributed by atoms with E-state index in [1.165, 1.54) is 12.1 Å². The van der Waals surface area contributed by atoms with Crippen LogP contribution in [0.2, 0.25) is 0 Å². The number of halogens is 2. The van der Waals surface area contributed by atoms with Gasteiger partial charge in [-0.2, -0.15) is 0 Å². The van der Waals surface area contributed by atoms with Gasteiger partial charge in [0.25, 0.3) is 0 Å². The Hall–Kier alpha value is -3.24. The zero-order valence-corrected chi connectivity index (χ0v) is 17.2. The molecule has 32 heavy (non-hydrogen) atoms. The fourth-order valence-corrected chi connectivity index (χ4v) is 3.85. The number of cyclic esters (lactones) is 1. The highest BCUT2D eigenvalue weighted by Gasteiger charge is 2.34. The molecule has 1 amide bonds. The predicted octanol–water partition coefficient (Wildman–Crippen LogP) is 3.00. The maximum atomic E-state index is 14.8. The Balaban J connectivity index is 1.42. The molecule has 0 radical (unpaired) electrons. The van der Waals surface area contributed by atoms with Crippen molar-refractivity contribution in [3.63, 3.8) is 0 Å². The molecule has 0 bridgehead atoms. The molecule has 1 atom stereocenters. The molecule has 0 unspecified atom stereocenters. The molecular formula is C22H23F2N3O5. The van der Waals surface area contributed by atoms with Gasteiger partial charge in [-0.3, -0.25) is 14.5 Å². The number of hydrogen-bond acceptors (Lipinski definition) is 7. The predicted molar refractivity (Wildman–Crippen MR) is 112 cm³/mol. The number of Topliss-reactive ketones (excluding diaryl/α,β-unsaturated/α-hetero) is 1. The Bertz CT molecular complexity index is 988. The van der Waals surface area contributed by atoms with Crippen molar-refractivity contribution in [1.82, 2.24) is 5.48 Å². The van der Waals surface area contributed by atoms with Crippen molar-refractivity contribution in [2.75, 3.05) is 42.6 Å². The van der Waals surface area contributed by atoms with E-state index in [2.05, 4.69) is 5.48 Å². The third-order valence-electron chi connectivity index (χ3n) is 5.45. The quantitative estimate of drug-likeness (QED) is 0.658. The van der Waals surface area contributed by atoms with Gasteiger partial charge in [0.1, 0.15) is 17.5 Å². The van der Waals surface area contributed by atoms with Crippen molar-refractivity contribution in [2.45, 2.75) is 18.9 Å². The van der Waals surface area contributed by atoms with E-state index in [9.17, 15) is 23.5 Å². The van der Waals surface area contributed by atoms with Crippen LogP contribution in [0.1, 0.15) is 23.2 Å². The van der Waals surface area contributed by atoms with Crippen LogP contribution in [0.15, 0.2) is 36.4 Å². The number of phenols is 1. The zero-order valence-electron chi connectivity index (χ0n) is 17.2. The van der Waals surface area contributed by atoms with Crippen molar-refractivity contribution < 1.29 is 33.1 Å². The van der Waals surface area contributed by atoms with Gasteiger partial charge in [0.05, 0.1) is 24.4 Å². The lowest BCUT2D eigenvalue weighted by molar-refractivity contribution is 0.0589. The first kappa shape index (κ1) is 22.0. The number of nitrogens with one attached hydrogen (secondary N) is 1. The largest absolute Gasteiger partial charge is 0.507 e. The first-order valence-electron chi connectivity index (χ1n) is 10.3. The number of ether oxygens (including phenoxy) is 1. The lowest BCUT2D eigenvalue weighted by Gasteiger charge is -2.24. The van der Waals surface area contributed by atoms with Gasteiger partial charge in [0.15, 0.2) is 17.4 Å². The van der Waals surface area contributed by atoms with Gasteiger partial charge in [-0.15, -0.1) is 0 Å². The topological polar surface area (TPSA) is 91.3 Å². The van der Waals surface area contributed by atoms with Crippen LogP contribution in [0.4, 0.5) is 25.0 Å². The third kappa shape index (κ3) is 4.66. The average molecular weight is 447 g/mol. The van der Waals surface area contributed by atoms with Gasteiger partial charge in [-0.1, -0.05) is 12.1 Å². The molecule has 170 valence electrons. The summed E-state index contributed by atoms with van der Waals surface area (Å²) in [5.74, 6) is -1.96. The maximum Gasteiger partial charge on any atom is 0.414 e. The van der Waals surface area contributed by atoms with Gasteiger partial charge in [0, 0.05) is 38.2 Å². The van der Waals surface area contributed by atoms with Crippen molar-refractivity contribution in [3.8, 4) is 5.75 Å². The van der Waals surface area contributed by atoms with Gasteiger partial charge >= 0.3 is 6.09 Å². The van der Waals surface area contributed by atoms with Gasteiger partial charge in [-0.25, -0.2) is 19.1 Å². The minimum atomic E-state index is -0.784. The van der Waals surface area contributed by atoms with Gasteiger partial charge in [0.2, 0.25) is 0 Å². The monoisotopic (exact) mass is 447 g/mol. The van der Waals surface area contributed by atoms with Crippen LogP contribution in [0.5, 0.6) is 5.75 Å². The summed E-state index contributed by atoms with van der Waals surface area (Å²) in [4.78, 5) is 32.4. The van der Waals surface area contributed by atoms with Crippen LogP contribution in [0, 0.1) is 11.6 Å². The first-order chi connectivity index (χ1) is 15.4. The van der Waals surface area contributed by atoms with E-state index in [4.69, 9.17) is 9.57 Å². The number of hydrogen-bond donors (Lipinski definition) is 2. The second kappa shape index (κ2) is 9.49. The summed E-state index contributed by atoms with van der Waals surface area (Å²) in [5, 5.41) is 9.79. The standard InChI is InChI=1S/C22H23F2N3O5/c23-17-11-14(12-18(24)21(17)26-8-7-25-31-10-9-26)27-13-15(32-22(27)30)5-6-20(29)16-3-1-2-4-19(16)28/h1-4,11-12,15,25,28H,5-10,13H2/t15-/m0/s1. The van der Waals surface area contributed by atoms with E-state index in [1.54, 1.807) is 17.0 Å². The Morgan fingerprint density at radius 2 is 1.94 bits per heavy atom. The molecule has 2 aromatic rings. The number of para-hydroxylation sites is 1. The van der Waals surface area contributed by atoms with E-state index in [1.807, 2.05) is 0 Å². The number of benzene rings is 2. The lowest BCUT2D eigenvalue weighted by atomic mass is 10.0. The van der Waals surface area contributed by atoms with Crippen LogP contribution >= 0.6 is 0 Å². The summed E-state index contributed by atoms with van der Waals surface area (Å²) in [6.45, 7) is 1.44. The summed E-state index contributed by atoms with van der Waals surface area (Å²) >= 11 is 0. The molecule has 0 spiro atoms. The van der Waals surface area contributed by atoms with E-state index in [0.717, 1.165) is 17.0 Å². The fourth-order valence-electron chi connectivity index (χ4n) is 3.85. The average Bonchev–Trinajstić information content (AvgIpc) is 2.95. The summed E-state index contributed by atoms with van der Waals surface area (Å²) < 4.78 is 34.9. The SMILES string of the molecule is O=C(CC[C@H]1CN(c2cc(F)c(N3CCNOCC3)c(F)c2)C(=O)O1)c1ccccc1O. The molecule has 2 N–H and O–H groups in total. The number of ketones is 1. The highest BCUT2D eigenvalue weighted by atomic mass is 19.1. The van der Waals surface area contributed by atoms with Crippen LogP contribution in [0.25, 0.3) is 0 Å². The molecule has 0 aliphatic carbocycles. The highest BCUT2D eigenvalue weighted by Crippen LogP contribution is 2.32. The molecular weight excluding hydrogens is 424 g/mol. The van der Waals surface area contributed by atoms with Crippen molar-refractivity contribution in [3.05, 3.63) is 53.6 Å². The molecule has 2 saturated heterocycles. The summed E-state index contributed by atoms with van der Waals surface area (Å²) in [6, 6.07) is 8.41. The molecule has 2 aromatic carbocycles. The van der Waals surface area contributed by atoms with Crippen LogP contribution < -0.4 is 15.3 Å². The molecule has 2 aliphatic heterocycles. The molecule has 2 heterocycles. The van der Waals surface area contributed by atoms with Crippen LogP contribution in [-0.4, -0.2) is 55.9 Å². The van der Waals surface area contributed by atoms with E-state index in [0.29, 0.717) is 19.6 Å². The van der Waals surface area contributed by atoms with Gasteiger partial charge < -0.3 is 14.7 Å². The molecule has 2 aliphatic rings. The molecule has 0 saturated carbocycles. The lowest BCUT2D eigenvalue weighted by Crippen LogP contribution is -2.31. The van der Waals surface area contributed by atoms with Gasteiger partial charge in [-0.05, 0) is 18.6 Å². The second-order valence-corrected chi connectivity index (χ2v) is 7.58. The number of carbonyl (C=O) groups excluding carboxylic acids is 2. The molecule has 8 nitrogen and oxygen atoms in total. The third-order valence-corrected chi connectivity index (χ3v) is 5.45. The van der Waals surface area contributed by atoms with Crippen molar-refractivity contribution in [2.24, 2.45) is 0 Å². The number of hydroxylamine groups is 1. The number of rotatable bonds is 6. The second-order valence-electron chi connectivity index (χ2n) is 7.58. The van der Waals surface area contributed by atoms with Crippen LogP contribution in [-0.2, 0) is 9.57 Å². The highest BCUT2D eigenvalue weighted by molar-refractivity contribution is 5.98. The zero-order chi connectivity index (χ0) is 22.7. The van der Waals surface area contributed by atoms with E-state index < -0.39 is 23.8 Å². The molecule has 0 aromatic heterocycles. The summed E-state index contributed by atoms with van der Waals surface area (Å²) in [7, 11) is 0. The minimum absolute atomic E-state index is 0.0486. The molecule has 2 fully saturated rings. The number of amides is 1. The molecule has 10 heteroatoms.